The number of benzene rings is 1. The third kappa shape index (κ3) is 2.80. The average Bonchev–Trinajstić information content (AvgIpc) is 3.10. The van der Waals surface area contributed by atoms with Crippen LogP contribution in [-0.2, 0) is 14.4 Å². The van der Waals surface area contributed by atoms with E-state index in [4.69, 9.17) is 0 Å². The summed E-state index contributed by atoms with van der Waals surface area (Å²) in [5.41, 5.74) is 1.83. The van der Waals surface area contributed by atoms with Crippen molar-refractivity contribution in [1.82, 2.24) is 0 Å². The molecule has 192 valence electrons. The zero-order valence-electron chi connectivity index (χ0n) is 22.2. The Kier molecular flexibility index (Phi) is 5.02. The first-order valence-electron chi connectivity index (χ1n) is 13.9. The Morgan fingerprint density at radius 1 is 1.08 bits per heavy atom. The number of imide groups is 1. The Labute approximate surface area is 214 Å². The minimum Gasteiger partial charge on any atom is -0.481 e. The lowest BCUT2D eigenvalue weighted by Crippen LogP contribution is -2.65. The maximum Gasteiger partial charge on any atom is 0.309 e. The fraction of sp³-hybridized carbons (Fsp3) is 0.645. The van der Waals surface area contributed by atoms with E-state index in [0.29, 0.717) is 11.6 Å². The van der Waals surface area contributed by atoms with Crippen molar-refractivity contribution in [1.29, 1.82) is 0 Å². The summed E-state index contributed by atoms with van der Waals surface area (Å²) in [7, 11) is 0. The molecule has 1 heterocycles. The van der Waals surface area contributed by atoms with E-state index >= 15 is 0 Å². The van der Waals surface area contributed by atoms with Crippen molar-refractivity contribution in [3.8, 4) is 0 Å². The monoisotopic (exact) mass is 489 g/mol. The van der Waals surface area contributed by atoms with Crippen molar-refractivity contribution < 1.29 is 19.5 Å². The van der Waals surface area contributed by atoms with Gasteiger partial charge in [-0.2, -0.15) is 0 Å². The molecule has 3 saturated carbocycles. The van der Waals surface area contributed by atoms with Gasteiger partial charge < -0.3 is 5.11 Å². The zero-order chi connectivity index (χ0) is 25.8. The fourth-order valence-corrected chi connectivity index (χ4v) is 9.98. The Morgan fingerprint density at radius 3 is 2.50 bits per heavy atom. The number of amides is 2. The second kappa shape index (κ2) is 7.55. The first-order chi connectivity index (χ1) is 17.0. The van der Waals surface area contributed by atoms with E-state index in [9.17, 15) is 19.5 Å². The number of carbonyl (C=O) groups is 3. The number of aryl methyl sites for hydroxylation is 1. The van der Waals surface area contributed by atoms with Gasteiger partial charge >= 0.3 is 5.97 Å². The highest BCUT2D eigenvalue weighted by Gasteiger charge is 2.73. The molecule has 7 rings (SSSR count). The SMILES string of the molecule is Cc1cccc(N2C(=O)[C@H]3[C@@H]4C[C@@H]5[C@]6(C)CCC[C@@](C)(C(=O)O)[C@@H]6CC[C@]5(C=C4C(C)C)[C@@H]3C2=O)c1. The summed E-state index contributed by atoms with van der Waals surface area (Å²) in [6.45, 7) is 10.7. The molecule has 0 unspecified atom stereocenters. The van der Waals surface area contributed by atoms with E-state index in [2.05, 4.69) is 26.8 Å². The van der Waals surface area contributed by atoms with Gasteiger partial charge in [0.15, 0.2) is 0 Å². The molecule has 1 aromatic carbocycles. The highest BCUT2D eigenvalue weighted by atomic mass is 16.4. The van der Waals surface area contributed by atoms with Crippen molar-refractivity contribution in [3.05, 3.63) is 41.5 Å². The molecule has 36 heavy (non-hydrogen) atoms. The van der Waals surface area contributed by atoms with Crippen molar-refractivity contribution in [2.45, 2.75) is 73.1 Å². The number of fused-ring (bicyclic) bond motifs is 1. The van der Waals surface area contributed by atoms with Crippen LogP contribution in [-0.4, -0.2) is 22.9 Å². The second-order valence-electron chi connectivity index (χ2n) is 13.3. The van der Waals surface area contributed by atoms with E-state index in [1.165, 1.54) is 10.5 Å². The molecule has 4 fully saturated rings. The Hall–Kier alpha value is -2.43. The molecule has 5 aliphatic carbocycles. The van der Waals surface area contributed by atoms with E-state index in [0.717, 1.165) is 44.1 Å². The third-order valence-electron chi connectivity index (χ3n) is 11.4. The Morgan fingerprint density at radius 2 is 1.83 bits per heavy atom. The van der Waals surface area contributed by atoms with Crippen LogP contribution >= 0.6 is 0 Å². The summed E-state index contributed by atoms with van der Waals surface area (Å²) < 4.78 is 0. The summed E-state index contributed by atoms with van der Waals surface area (Å²) in [6.07, 6.45) is 7.58. The van der Waals surface area contributed by atoms with Gasteiger partial charge in [-0.25, -0.2) is 4.90 Å². The minimum atomic E-state index is -0.724. The maximum atomic E-state index is 14.3. The number of hydrogen-bond acceptors (Lipinski definition) is 3. The lowest BCUT2D eigenvalue weighted by molar-refractivity contribution is -0.194. The van der Waals surface area contributed by atoms with Crippen molar-refractivity contribution >= 4 is 23.5 Å². The van der Waals surface area contributed by atoms with Gasteiger partial charge in [0, 0.05) is 5.41 Å². The Bertz CT molecular complexity index is 1200. The molecule has 1 N–H and O–H groups in total. The molecular formula is C31H39NO4. The van der Waals surface area contributed by atoms with Crippen LogP contribution in [0, 0.1) is 58.7 Å². The molecule has 0 aromatic heterocycles. The predicted octanol–water partition coefficient (Wildman–Crippen LogP) is 6.01. The van der Waals surface area contributed by atoms with Crippen molar-refractivity contribution in [3.63, 3.8) is 0 Å². The summed E-state index contributed by atoms with van der Waals surface area (Å²) in [5.74, 6) is -0.679. The van der Waals surface area contributed by atoms with Crippen LogP contribution in [0.2, 0.25) is 0 Å². The lowest BCUT2D eigenvalue weighted by atomic mass is 9.34. The number of allylic oxidation sites excluding steroid dienone is 2. The third-order valence-corrected chi connectivity index (χ3v) is 11.4. The summed E-state index contributed by atoms with van der Waals surface area (Å²) in [5, 5.41) is 10.3. The molecule has 8 atom stereocenters. The fourth-order valence-electron chi connectivity index (χ4n) is 9.98. The first kappa shape index (κ1) is 23.9. The van der Waals surface area contributed by atoms with Crippen LogP contribution in [0.4, 0.5) is 5.69 Å². The number of rotatable bonds is 3. The standard InChI is InChI=1S/C31H39NO4/c1-17(2)21-16-31-13-10-22-29(4,11-7-12-30(22,5)28(35)36)23(31)15-20(21)24-25(31)27(34)32(26(24)33)19-9-6-8-18(3)14-19/h6,8-9,14,16-17,20,22-25H,7,10-13,15H2,1-5H3,(H,35,36)/t20-,22-,23-,24+,25+,29-,30-,31-/m1/s1. The summed E-state index contributed by atoms with van der Waals surface area (Å²) in [4.78, 5) is 42.3. The molecule has 2 amide bonds. The summed E-state index contributed by atoms with van der Waals surface area (Å²) in [6, 6.07) is 7.73. The normalized spacial score (nSPS) is 43.2. The highest BCUT2D eigenvalue weighted by molar-refractivity contribution is 6.23. The van der Waals surface area contributed by atoms with Crippen molar-refractivity contribution in [2.75, 3.05) is 4.90 Å². The summed E-state index contributed by atoms with van der Waals surface area (Å²) >= 11 is 0. The largest absolute Gasteiger partial charge is 0.481 e. The van der Waals surface area contributed by atoms with Crippen LogP contribution in [0.1, 0.15) is 71.8 Å². The van der Waals surface area contributed by atoms with Gasteiger partial charge in [-0.1, -0.05) is 51.0 Å². The highest BCUT2D eigenvalue weighted by Crippen LogP contribution is 2.74. The van der Waals surface area contributed by atoms with E-state index in [1.54, 1.807) is 0 Å². The average molecular weight is 490 g/mol. The first-order valence-corrected chi connectivity index (χ1v) is 13.9. The molecule has 6 aliphatic rings. The van der Waals surface area contributed by atoms with Crippen LogP contribution < -0.4 is 4.90 Å². The lowest BCUT2D eigenvalue weighted by Gasteiger charge is -2.68. The van der Waals surface area contributed by atoms with Gasteiger partial charge in [0.25, 0.3) is 0 Å². The van der Waals surface area contributed by atoms with Crippen molar-refractivity contribution in [2.24, 2.45) is 51.8 Å². The van der Waals surface area contributed by atoms with Gasteiger partial charge in [-0.15, -0.1) is 0 Å². The van der Waals surface area contributed by atoms with E-state index in [1.807, 2.05) is 38.1 Å². The van der Waals surface area contributed by atoms with E-state index in [-0.39, 0.29) is 52.2 Å². The zero-order valence-corrected chi connectivity index (χ0v) is 22.2. The minimum absolute atomic E-state index is 0.0315. The van der Waals surface area contributed by atoms with Gasteiger partial charge in [0.1, 0.15) is 0 Å². The number of aliphatic carboxylic acids is 1. The molecule has 1 aromatic rings. The number of carbonyl (C=O) groups excluding carboxylic acids is 2. The number of carboxylic acids is 1. The van der Waals surface area contributed by atoms with Crippen LogP contribution in [0.3, 0.4) is 0 Å². The number of nitrogens with zero attached hydrogens (tertiary/aromatic N) is 1. The van der Waals surface area contributed by atoms with Gasteiger partial charge in [-0.3, -0.25) is 14.4 Å². The molecular weight excluding hydrogens is 450 g/mol. The van der Waals surface area contributed by atoms with Gasteiger partial charge in [0.2, 0.25) is 11.8 Å². The van der Waals surface area contributed by atoms with E-state index < -0.39 is 11.4 Å². The molecule has 5 heteroatoms. The number of anilines is 1. The van der Waals surface area contributed by atoms with Gasteiger partial charge in [-0.05, 0) is 92.7 Å². The quantitative estimate of drug-likeness (QED) is 0.417. The molecule has 5 nitrogen and oxygen atoms in total. The van der Waals surface area contributed by atoms with Gasteiger partial charge in [0.05, 0.1) is 22.9 Å². The predicted molar refractivity (Wildman–Crippen MR) is 138 cm³/mol. The molecule has 2 bridgehead atoms. The topological polar surface area (TPSA) is 74.7 Å². The van der Waals surface area contributed by atoms with Crippen LogP contribution in [0.15, 0.2) is 35.9 Å². The second-order valence-corrected chi connectivity index (χ2v) is 13.3. The maximum absolute atomic E-state index is 14.3. The molecule has 1 saturated heterocycles. The Balaban J connectivity index is 1.50. The molecule has 1 aliphatic heterocycles. The number of carboxylic acid groups (broad SMARTS) is 1. The smallest absolute Gasteiger partial charge is 0.309 e. The molecule has 0 radical (unpaired) electrons. The molecule has 1 spiro atoms. The number of hydrogen-bond donors (Lipinski definition) is 1. The van der Waals surface area contributed by atoms with Crippen LogP contribution in [0.5, 0.6) is 0 Å². The van der Waals surface area contributed by atoms with Crippen LogP contribution in [0.25, 0.3) is 0 Å².